The molecule has 112 valence electrons. The molecule has 1 heterocycles. The van der Waals surface area contributed by atoms with E-state index in [1.54, 1.807) is 0 Å². The van der Waals surface area contributed by atoms with Crippen molar-refractivity contribution in [2.24, 2.45) is 5.41 Å². The fourth-order valence-corrected chi connectivity index (χ4v) is 2.24. The zero-order chi connectivity index (χ0) is 14.4. The quantitative estimate of drug-likeness (QED) is 0.711. The van der Waals surface area contributed by atoms with Crippen LogP contribution in [0.15, 0.2) is 4.52 Å². The van der Waals surface area contributed by atoms with Crippen LogP contribution in [0, 0.1) is 5.41 Å². The van der Waals surface area contributed by atoms with Crippen molar-refractivity contribution >= 4 is 5.91 Å². The van der Waals surface area contributed by atoms with Crippen LogP contribution in [0.25, 0.3) is 0 Å². The average Bonchev–Trinajstić information content (AvgIpc) is 3.05. The van der Waals surface area contributed by atoms with Gasteiger partial charge in [-0.25, -0.2) is 0 Å². The van der Waals surface area contributed by atoms with Gasteiger partial charge in [-0.3, -0.25) is 4.79 Å². The van der Waals surface area contributed by atoms with Crippen LogP contribution in [-0.4, -0.2) is 34.3 Å². The fourth-order valence-electron chi connectivity index (χ4n) is 2.24. The lowest BCUT2D eigenvalue weighted by Gasteiger charge is -2.14. The van der Waals surface area contributed by atoms with Crippen LogP contribution in [0.1, 0.15) is 50.7 Å². The van der Waals surface area contributed by atoms with E-state index >= 15 is 0 Å². The van der Waals surface area contributed by atoms with E-state index in [9.17, 15) is 4.79 Å². The highest BCUT2D eigenvalue weighted by Crippen LogP contribution is 2.47. The lowest BCUT2D eigenvalue weighted by atomic mass is 10.0. The molecule has 0 bridgehead atoms. The van der Waals surface area contributed by atoms with Gasteiger partial charge in [0.15, 0.2) is 5.82 Å². The Kier molecular flexibility index (Phi) is 5.11. The van der Waals surface area contributed by atoms with E-state index in [4.69, 9.17) is 9.63 Å². The van der Waals surface area contributed by atoms with Gasteiger partial charge in [0, 0.05) is 32.4 Å². The lowest BCUT2D eigenvalue weighted by Crippen LogP contribution is -2.30. The molecule has 0 atom stereocenters. The van der Waals surface area contributed by atoms with E-state index in [1.807, 2.05) is 0 Å². The van der Waals surface area contributed by atoms with Crippen LogP contribution in [0.5, 0.6) is 0 Å². The molecule has 1 aliphatic rings. The number of carbonyl (C=O) groups is 1. The van der Waals surface area contributed by atoms with E-state index in [1.165, 1.54) is 0 Å². The summed E-state index contributed by atoms with van der Waals surface area (Å²) in [5, 5.41) is 15.8. The molecule has 1 aromatic rings. The number of nitrogens with one attached hydrogen (secondary N) is 1. The normalized spacial score (nSPS) is 16.1. The van der Waals surface area contributed by atoms with Gasteiger partial charge in [0.25, 0.3) is 0 Å². The van der Waals surface area contributed by atoms with Crippen molar-refractivity contribution in [3.63, 3.8) is 0 Å². The molecule has 0 aromatic carbocycles. The molecule has 0 unspecified atom stereocenters. The van der Waals surface area contributed by atoms with Gasteiger partial charge in [0.05, 0.1) is 0 Å². The second-order valence-electron chi connectivity index (χ2n) is 5.60. The summed E-state index contributed by atoms with van der Waals surface area (Å²) >= 11 is 0. The Morgan fingerprint density at radius 3 is 2.90 bits per heavy atom. The van der Waals surface area contributed by atoms with Crippen molar-refractivity contribution in [3.8, 4) is 0 Å². The summed E-state index contributed by atoms with van der Waals surface area (Å²) in [7, 11) is 0. The smallest absolute Gasteiger partial charge is 0.227 e. The van der Waals surface area contributed by atoms with E-state index in [2.05, 4.69) is 22.4 Å². The molecule has 1 amide bonds. The number of aryl methyl sites for hydroxylation is 2. The first-order valence-corrected chi connectivity index (χ1v) is 7.36. The van der Waals surface area contributed by atoms with E-state index < -0.39 is 0 Å². The first-order chi connectivity index (χ1) is 9.67. The Hall–Kier alpha value is -1.43. The maximum Gasteiger partial charge on any atom is 0.227 e. The third-order valence-corrected chi connectivity index (χ3v) is 3.81. The first-order valence-electron chi connectivity index (χ1n) is 7.36. The van der Waals surface area contributed by atoms with Crippen LogP contribution in [0.2, 0.25) is 0 Å². The maximum absolute atomic E-state index is 11.8. The Morgan fingerprint density at radius 2 is 2.25 bits per heavy atom. The molecular weight excluding hydrogens is 258 g/mol. The number of hydrogen-bond donors (Lipinski definition) is 2. The second-order valence-corrected chi connectivity index (χ2v) is 5.60. The van der Waals surface area contributed by atoms with Crippen molar-refractivity contribution in [1.82, 2.24) is 15.5 Å². The number of aliphatic hydroxyl groups excluding tert-OH is 1. The molecule has 2 rings (SSSR count). The minimum Gasteiger partial charge on any atom is -0.396 e. The lowest BCUT2D eigenvalue weighted by molar-refractivity contribution is -0.121. The van der Waals surface area contributed by atoms with Crippen molar-refractivity contribution < 1.29 is 14.4 Å². The molecule has 2 N–H and O–H groups in total. The molecule has 0 saturated heterocycles. The monoisotopic (exact) mass is 281 g/mol. The number of aromatic nitrogens is 2. The fraction of sp³-hybridized carbons (Fsp3) is 0.786. The largest absolute Gasteiger partial charge is 0.396 e. The zero-order valence-corrected chi connectivity index (χ0v) is 12.0. The molecule has 1 saturated carbocycles. The van der Waals surface area contributed by atoms with Gasteiger partial charge < -0.3 is 14.9 Å². The highest BCUT2D eigenvalue weighted by atomic mass is 16.5. The van der Waals surface area contributed by atoms with Gasteiger partial charge in [-0.05, 0) is 31.1 Å². The second kappa shape index (κ2) is 6.83. The van der Waals surface area contributed by atoms with E-state index in [-0.39, 0.29) is 17.9 Å². The summed E-state index contributed by atoms with van der Waals surface area (Å²) in [5.41, 5.74) is 0.156. The summed E-state index contributed by atoms with van der Waals surface area (Å²) in [6, 6.07) is 0. The van der Waals surface area contributed by atoms with Crippen LogP contribution in [0.4, 0.5) is 0 Å². The van der Waals surface area contributed by atoms with Crippen molar-refractivity contribution in [3.05, 3.63) is 11.7 Å². The highest BCUT2D eigenvalue weighted by molar-refractivity contribution is 5.76. The van der Waals surface area contributed by atoms with Crippen molar-refractivity contribution in [1.29, 1.82) is 0 Å². The van der Waals surface area contributed by atoms with Crippen LogP contribution in [0.3, 0.4) is 0 Å². The standard InChI is InChI=1S/C14H23N3O3/c1-2-3-11-16-13(20-17-11)5-4-12(19)15-10-14(6-7-14)8-9-18/h18H,2-10H2,1H3,(H,15,19). The summed E-state index contributed by atoms with van der Waals surface area (Å²) in [4.78, 5) is 16.0. The minimum absolute atomic E-state index is 0.00413. The molecule has 6 nitrogen and oxygen atoms in total. The molecule has 1 aliphatic carbocycles. The molecule has 0 aliphatic heterocycles. The minimum atomic E-state index is 0.00413. The molecule has 1 aromatic heterocycles. The van der Waals surface area contributed by atoms with Gasteiger partial charge in [0.2, 0.25) is 11.8 Å². The van der Waals surface area contributed by atoms with Crippen LogP contribution in [-0.2, 0) is 17.6 Å². The number of carbonyl (C=O) groups excluding carboxylic acids is 1. The zero-order valence-electron chi connectivity index (χ0n) is 12.0. The van der Waals surface area contributed by atoms with Gasteiger partial charge in [-0.15, -0.1) is 0 Å². The van der Waals surface area contributed by atoms with Crippen molar-refractivity contribution in [2.75, 3.05) is 13.2 Å². The Bertz CT molecular complexity index is 441. The number of rotatable bonds is 9. The van der Waals surface area contributed by atoms with Crippen molar-refractivity contribution in [2.45, 2.75) is 51.9 Å². The highest BCUT2D eigenvalue weighted by Gasteiger charge is 2.41. The first kappa shape index (κ1) is 15.0. The van der Waals surface area contributed by atoms with Crippen LogP contribution >= 0.6 is 0 Å². The Labute approximate surface area is 118 Å². The molecule has 6 heteroatoms. The molecule has 0 spiro atoms. The van der Waals surface area contributed by atoms with Gasteiger partial charge in [-0.1, -0.05) is 12.1 Å². The van der Waals surface area contributed by atoms with Crippen LogP contribution < -0.4 is 5.32 Å². The summed E-state index contributed by atoms with van der Waals surface area (Å²) < 4.78 is 5.09. The van der Waals surface area contributed by atoms with Gasteiger partial charge in [-0.2, -0.15) is 4.98 Å². The third kappa shape index (κ3) is 4.30. The topological polar surface area (TPSA) is 88.2 Å². The predicted molar refractivity (Wildman–Crippen MR) is 73.0 cm³/mol. The summed E-state index contributed by atoms with van der Waals surface area (Å²) in [6.45, 7) is 2.92. The summed E-state index contributed by atoms with van der Waals surface area (Å²) in [6.07, 6.45) is 5.59. The maximum atomic E-state index is 11.8. The van der Waals surface area contributed by atoms with Gasteiger partial charge in [0.1, 0.15) is 0 Å². The molecular formula is C14H23N3O3. The third-order valence-electron chi connectivity index (χ3n) is 3.81. The average molecular weight is 281 g/mol. The van der Waals surface area contributed by atoms with Gasteiger partial charge >= 0.3 is 0 Å². The number of nitrogens with zero attached hydrogens (tertiary/aromatic N) is 2. The molecule has 0 radical (unpaired) electrons. The van der Waals surface area contributed by atoms with E-state index in [0.717, 1.165) is 32.1 Å². The Morgan fingerprint density at radius 1 is 1.45 bits per heavy atom. The van der Waals surface area contributed by atoms with E-state index in [0.29, 0.717) is 31.1 Å². The SMILES string of the molecule is CCCc1noc(CCC(=O)NCC2(CCO)CC2)n1. The Balaban J connectivity index is 1.67. The summed E-state index contributed by atoms with van der Waals surface area (Å²) in [5.74, 6) is 1.24. The number of aliphatic hydroxyl groups is 1. The predicted octanol–water partition coefficient (Wildman–Crippen LogP) is 1.23. The molecule has 1 fully saturated rings. The molecule has 20 heavy (non-hydrogen) atoms. The number of amides is 1. The number of hydrogen-bond acceptors (Lipinski definition) is 5.